The minimum Gasteiger partial charge on any atom is -0.383 e. The van der Waals surface area contributed by atoms with Crippen molar-refractivity contribution in [2.45, 2.75) is 45.2 Å². The lowest BCUT2D eigenvalue weighted by Crippen LogP contribution is -2.39. The molecular weight excluding hydrogens is 204 g/mol. The van der Waals surface area contributed by atoms with Gasteiger partial charge in [-0.05, 0) is 26.3 Å². The Morgan fingerprint density at radius 3 is 2.75 bits per heavy atom. The van der Waals surface area contributed by atoms with Crippen molar-refractivity contribution in [3.63, 3.8) is 0 Å². The normalized spacial score (nSPS) is 17.2. The third-order valence-corrected chi connectivity index (χ3v) is 2.88. The van der Waals surface area contributed by atoms with Crippen LogP contribution in [0.2, 0.25) is 0 Å². The van der Waals surface area contributed by atoms with Gasteiger partial charge in [0, 0.05) is 32.2 Å². The first-order valence-electron chi connectivity index (χ1n) is 6.20. The lowest BCUT2D eigenvalue weighted by atomic mass is 10.2. The standard InChI is InChI=1S/C12H24N2O2/c1-4-13-10(2)9-12(15)14(7-8-16-3)11-5-6-11/h10-11,13H,4-9H2,1-3H3. The molecule has 16 heavy (non-hydrogen) atoms. The largest absolute Gasteiger partial charge is 0.383 e. The molecule has 0 saturated heterocycles. The highest BCUT2D eigenvalue weighted by Crippen LogP contribution is 2.27. The monoisotopic (exact) mass is 228 g/mol. The third-order valence-electron chi connectivity index (χ3n) is 2.88. The summed E-state index contributed by atoms with van der Waals surface area (Å²) in [7, 11) is 1.68. The van der Waals surface area contributed by atoms with Crippen molar-refractivity contribution in [2.24, 2.45) is 0 Å². The molecular formula is C12H24N2O2. The van der Waals surface area contributed by atoms with Crippen molar-refractivity contribution in [1.29, 1.82) is 0 Å². The van der Waals surface area contributed by atoms with Gasteiger partial charge < -0.3 is 15.0 Å². The molecule has 0 aromatic heterocycles. The fraction of sp³-hybridized carbons (Fsp3) is 0.917. The molecule has 1 N–H and O–H groups in total. The Balaban J connectivity index is 2.34. The average Bonchev–Trinajstić information content (AvgIpc) is 3.02. The van der Waals surface area contributed by atoms with Crippen LogP contribution in [-0.2, 0) is 9.53 Å². The van der Waals surface area contributed by atoms with E-state index in [1.165, 1.54) is 0 Å². The summed E-state index contributed by atoms with van der Waals surface area (Å²) < 4.78 is 5.04. The fourth-order valence-electron chi connectivity index (χ4n) is 1.89. The number of rotatable bonds is 8. The molecule has 94 valence electrons. The molecule has 1 fully saturated rings. The molecule has 0 spiro atoms. The average molecular weight is 228 g/mol. The zero-order chi connectivity index (χ0) is 12.0. The van der Waals surface area contributed by atoms with E-state index >= 15 is 0 Å². The smallest absolute Gasteiger partial charge is 0.224 e. The lowest BCUT2D eigenvalue weighted by molar-refractivity contribution is -0.132. The number of amides is 1. The summed E-state index contributed by atoms with van der Waals surface area (Å²) in [5.74, 6) is 0.257. The first-order valence-corrected chi connectivity index (χ1v) is 6.20. The zero-order valence-corrected chi connectivity index (χ0v) is 10.7. The Bertz CT molecular complexity index is 217. The van der Waals surface area contributed by atoms with Crippen LogP contribution in [-0.4, -0.2) is 49.7 Å². The second kappa shape index (κ2) is 6.86. The minimum atomic E-state index is 0.257. The summed E-state index contributed by atoms with van der Waals surface area (Å²) in [5, 5.41) is 3.27. The van der Waals surface area contributed by atoms with Gasteiger partial charge in [-0.25, -0.2) is 0 Å². The van der Waals surface area contributed by atoms with Crippen molar-refractivity contribution in [3.8, 4) is 0 Å². The maximum atomic E-state index is 12.0. The maximum absolute atomic E-state index is 12.0. The van der Waals surface area contributed by atoms with Gasteiger partial charge in [-0.1, -0.05) is 6.92 Å². The van der Waals surface area contributed by atoms with E-state index in [2.05, 4.69) is 19.2 Å². The van der Waals surface area contributed by atoms with Crippen LogP contribution in [0.4, 0.5) is 0 Å². The van der Waals surface area contributed by atoms with Crippen molar-refractivity contribution in [1.82, 2.24) is 10.2 Å². The molecule has 0 aromatic carbocycles. The van der Waals surface area contributed by atoms with Crippen LogP contribution in [0.1, 0.15) is 33.1 Å². The summed E-state index contributed by atoms with van der Waals surface area (Å²) in [6.07, 6.45) is 2.91. The van der Waals surface area contributed by atoms with E-state index in [9.17, 15) is 4.79 Å². The molecule has 1 unspecified atom stereocenters. The van der Waals surface area contributed by atoms with Gasteiger partial charge in [0.05, 0.1) is 6.61 Å². The van der Waals surface area contributed by atoms with E-state index in [4.69, 9.17) is 4.74 Å². The number of nitrogens with one attached hydrogen (secondary N) is 1. The number of nitrogens with zero attached hydrogens (tertiary/aromatic N) is 1. The van der Waals surface area contributed by atoms with Gasteiger partial charge in [-0.15, -0.1) is 0 Å². The molecule has 4 heteroatoms. The van der Waals surface area contributed by atoms with Gasteiger partial charge in [0.1, 0.15) is 0 Å². The molecule has 1 rings (SSSR count). The SMILES string of the molecule is CCNC(C)CC(=O)N(CCOC)C1CC1. The second-order valence-electron chi connectivity index (χ2n) is 4.47. The van der Waals surface area contributed by atoms with E-state index in [1.807, 2.05) is 4.90 Å². The topological polar surface area (TPSA) is 41.6 Å². The summed E-state index contributed by atoms with van der Waals surface area (Å²) in [6, 6.07) is 0.748. The Labute approximate surface area is 98.3 Å². The van der Waals surface area contributed by atoms with E-state index in [1.54, 1.807) is 7.11 Å². The summed E-state index contributed by atoms with van der Waals surface area (Å²) in [5.41, 5.74) is 0. The Kier molecular flexibility index (Phi) is 5.77. The summed E-state index contributed by atoms with van der Waals surface area (Å²) in [6.45, 7) is 6.40. The minimum absolute atomic E-state index is 0.257. The van der Waals surface area contributed by atoms with Gasteiger partial charge in [0.15, 0.2) is 0 Å². The number of hydrogen-bond acceptors (Lipinski definition) is 3. The van der Waals surface area contributed by atoms with E-state index in [0.717, 1.165) is 25.9 Å². The lowest BCUT2D eigenvalue weighted by Gasteiger charge is -2.24. The van der Waals surface area contributed by atoms with Crippen LogP contribution < -0.4 is 5.32 Å². The maximum Gasteiger partial charge on any atom is 0.224 e. The summed E-state index contributed by atoms with van der Waals surface area (Å²) in [4.78, 5) is 14.0. The molecule has 0 bridgehead atoms. The first-order chi connectivity index (χ1) is 7.69. The Morgan fingerprint density at radius 1 is 1.56 bits per heavy atom. The zero-order valence-electron chi connectivity index (χ0n) is 10.7. The van der Waals surface area contributed by atoms with E-state index in [0.29, 0.717) is 19.1 Å². The third kappa shape index (κ3) is 4.49. The van der Waals surface area contributed by atoms with Gasteiger partial charge >= 0.3 is 0 Å². The van der Waals surface area contributed by atoms with Crippen LogP contribution >= 0.6 is 0 Å². The van der Waals surface area contributed by atoms with Crippen LogP contribution in [0.5, 0.6) is 0 Å². The Hall–Kier alpha value is -0.610. The summed E-state index contributed by atoms with van der Waals surface area (Å²) >= 11 is 0. The number of carbonyl (C=O) groups is 1. The first kappa shape index (κ1) is 13.5. The van der Waals surface area contributed by atoms with Gasteiger partial charge in [0.25, 0.3) is 0 Å². The molecule has 1 saturated carbocycles. The van der Waals surface area contributed by atoms with E-state index in [-0.39, 0.29) is 11.9 Å². The molecule has 4 nitrogen and oxygen atoms in total. The highest BCUT2D eigenvalue weighted by molar-refractivity contribution is 5.77. The second-order valence-corrected chi connectivity index (χ2v) is 4.47. The fourth-order valence-corrected chi connectivity index (χ4v) is 1.89. The van der Waals surface area contributed by atoms with Gasteiger partial charge in [0.2, 0.25) is 5.91 Å². The van der Waals surface area contributed by atoms with Gasteiger partial charge in [-0.2, -0.15) is 0 Å². The molecule has 0 radical (unpaired) electrons. The molecule has 1 amide bonds. The molecule has 1 atom stereocenters. The van der Waals surface area contributed by atoms with Crippen molar-refractivity contribution in [3.05, 3.63) is 0 Å². The van der Waals surface area contributed by atoms with Crippen molar-refractivity contribution >= 4 is 5.91 Å². The van der Waals surface area contributed by atoms with Crippen LogP contribution in [0, 0.1) is 0 Å². The predicted octanol–water partition coefficient (Wildman–Crippen LogP) is 1.01. The molecule has 0 aliphatic heterocycles. The van der Waals surface area contributed by atoms with E-state index < -0.39 is 0 Å². The predicted molar refractivity (Wildman–Crippen MR) is 64.4 cm³/mol. The number of methoxy groups -OCH3 is 1. The molecule has 0 heterocycles. The van der Waals surface area contributed by atoms with Crippen molar-refractivity contribution in [2.75, 3.05) is 26.8 Å². The number of carbonyl (C=O) groups excluding carboxylic acids is 1. The van der Waals surface area contributed by atoms with Crippen LogP contribution in [0.3, 0.4) is 0 Å². The van der Waals surface area contributed by atoms with Gasteiger partial charge in [-0.3, -0.25) is 4.79 Å². The molecule has 1 aliphatic rings. The highest BCUT2D eigenvalue weighted by Gasteiger charge is 2.32. The Morgan fingerprint density at radius 2 is 2.25 bits per heavy atom. The number of ether oxygens (including phenoxy) is 1. The quantitative estimate of drug-likeness (QED) is 0.674. The highest BCUT2D eigenvalue weighted by atomic mass is 16.5. The molecule has 1 aliphatic carbocycles. The van der Waals surface area contributed by atoms with Crippen LogP contribution in [0.25, 0.3) is 0 Å². The van der Waals surface area contributed by atoms with Crippen molar-refractivity contribution < 1.29 is 9.53 Å². The molecule has 0 aromatic rings. The number of hydrogen-bond donors (Lipinski definition) is 1. The van der Waals surface area contributed by atoms with Crippen LogP contribution in [0.15, 0.2) is 0 Å².